The number of rotatable bonds is 4. The largest absolute Gasteiger partial charge is 0.324 e. The van der Waals surface area contributed by atoms with Crippen LogP contribution in [0, 0.1) is 5.82 Å². The van der Waals surface area contributed by atoms with Crippen LogP contribution in [0.4, 0.5) is 10.1 Å². The summed E-state index contributed by atoms with van der Waals surface area (Å²) in [4.78, 5) is 12.0. The zero-order chi connectivity index (χ0) is 14.5. The molecule has 0 radical (unpaired) electrons. The van der Waals surface area contributed by atoms with Crippen LogP contribution in [-0.4, -0.2) is 11.9 Å². The number of hydrogen-bond donors (Lipinski definition) is 2. The van der Waals surface area contributed by atoms with Gasteiger partial charge in [-0.15, -0.1) is 0 Å². The Balaban J connectivity index is 2.02. The fourth-order valence-electron chi connectivity index (χ4n) is 1.78. The van der Waals surface area contributed by atoms with Crippen molar-refractivity contribution in [2.75, 3.05) is 5.32 Å². The van der Waals surface area contributed by atoms with E-state index in [1.807, 2.05) is 30.3 Å². The highest BCUT2D eigenvalue weighted by Gasteiger charge is 2.15. The molecule has 0 aliphatic heterocycles. The molecule has 0 spiro atoms. The van der Waals surface area contributed by atoms with Crippen molar-refractivity contribution < 1.29 is 9.18 Å². The molecule has 3 N–H and O–H groups in total. The topological polar surface area (TPSA) is 55.1 Å². The summed E-state index contributed by atoms with van der Waals surface area (Å²) in [5.74, 6) is -0.764. The minimum atomic E-state index is -0.687. The van der Waals surface area contributed by atoms with Crippen LogP contribution in [-0.2, 0) is 11.2 Å². The Hall–Kier alpha value is -1.72. The summed E-state index contributed by atoms with van der Waals surface area (Å²) in [5.41, 5.74) is 7.22. The van der Waals surface area contributed by atoms with E-state index in [1.165, 1.54) is 18.2 Å². The minimum absolute atomic E-state index is 0.347. The second-order valence-electron chi connectivity index (χ2n) is 4.41. The molecule has 2 rings (SSSR count). The van der Waals surface area contributed by atoms with Crippen molar-refractivity contribution in [1.29, 1.82) is 0 Å². The molecule has 20 heavy (non-hydrogen) atoms. The summed E-state index contributed by atoms with van der Waals surface area (Å²) >= 11 is 3.25. The lowest BCUT2D eigenvalue weighted by Crippen LogP contribution is -2.37. The molecule has 0 unspecified atom stereocenters. The van der Waals surface area contributed by atoms with Gasteiger partial charge in [0.05, 0.1) is 11.7 Å². The highest BCUT2D eigenvalue weighted by atomic mass is 79.9. The molecule has 0 aliphatic carbocycles. The Bertz CT molecular complexity index is 604. The zero-order valence-electron chi connectivity index (χ0n) is 10.6. The Morgan fingerprint density at radius 3 is 2.65 bits per heavy atom. The molecule has 104 valence electrons. The van der Waals surface area contributed by atoms with E-state index in [-0.39, 0.29) is 5.91 Å². The number of carbonyl (C=O) groups excluding carboxylic acids is 1. The number of amides is 1. The maximum Gasteiger partial charge on any atom is 0.241 e. The summed E-state index contributed by atoms with van der Waals surface area (Å²) in [6, 6.07) is 12.9. The Morgan fingerprint density at radius 2 is 1.95 bits per heavy atom. The molecule has 3 nitrogen and oxygen atoms in total. The molecule has 0 aliphatic rings. The second-order valence-corrected chi connectivity index (χ2v) is 5.26. The third-order valence-corrected chi connectivity index (χ3v) is 3.51. The lowest BCUT2D eigenvalue weighted by Gasteiger charge is -2.13. The number of hydrogen-bond acceptors (Lipinski definition) is 2. The Labute approximate surface area is 125 Å². The monoisotopic (exact) mass is 336 g/mol. The van der Waals surface area contributed by atoms with Crippen LogP contribution in [0.25, 0.3) is 0 Å². The number of nitrogens with one attached hydrogen (secondary N) is 1. The van der Waals surface area contributed by atoms with Gasteiger partial charge in [-0.25, -0.2) is 4.39 Å². The van der Waals surface area contributed by atoms with E-state index >= 15 is 0 Å². The summed E-state index contributed by atoms with van der Waals surface area (Å²) in [7, 11) is 0. The molecule has 2 aromatic carbocycles. The lowest BCUT2D eigenvalue weighted by molar-refractivity contribution is -0.117. The zero-order valence-corrected chi connectivity index (χ0v) is 12.2. The average molecular weight is 337 g/mol. The van der Waals surface area contributed by atoms with Crippen molar-refractivity contribution >= 4 is 27.5 Å². The molecule has 0 heterocycles. The fourth-order valence-corrected chi connectivity index (χ4v) is 2.13. The number of carbonyl (C=O) groups is 1. The SMILES string of the molecule is N[C@@H](Cc1ccccc1)C(=O)Nc1cc(F)ccc1Br. The maximum atomic E-state index is 13.1. The van der Waals surface area contributed by atoms with Gasteiger partial charge in [-0.1, -0.05) is 30.3 Å². The molecule has 2 aromatic rings. The van der Waals surface area contributed by atoms with E-state index in [2.05, 4.69) is 21.2 Å². The number of benzene rings is 2. The highest BCUT2D eigenvalue weighted by Crippen LogP contribution is 2.23. The van der Waals surface area contributed by atoms with E-state index in [4.69, 9.17) is 5.73 Å². The van der Waals surface area contributed by atoms with Crippen LogP contribution < -0.4 is 11.1 Å². The first-order valence-electron chi connectivity index (χ1n) is 6.11. The van der Waals surface area contributed by atoms with Crippen molar-refractivity contribution in [3.8, 4) is 0 Å². The lowest BCUT2D eigenvalue weighted by atomic mass is 10.1. The van der Waals surface area contributed by atoms with E-state index < -0.39 is 11.9 Å². The number of nitrogens with two attached hydrogens (primary N) is 1. The minimum Gasteiger partial charge on any atom is -0.324 e. The van der Waals surface area contributed by atoms with Crippen LogP contribution in [0.3, 0.4) is 0 Å². The van der Waals surface area contributed by atoms with Crippen molar-refractivity contribution in [2.24, 2.45) is 5.73 Å². The molecular formula is C15H14BrFN2O. The Kier molecular flexibility index (Phi) is 4.87. The van der Waals surface area contributed by atoms with E-state index in [0.717, 1.165) is 5.56 Å². The van der Waals surface area contributed by atoms with Crippen LogP contribution in [0.5, 0.6) is 0 Å². The van der Waals surface area contributed by atoms with E-state index in [9.17, 15) is 9.18 Å². The standard InChI is InChI=1S/C15H14BrFN2O/c16-12-7-6-11(17)9-14(12)19-15(20)13(18)8-10-4-2-1-3-5-10/h1-7,9,13H,8,18H2,(H,19,20)/t13-/m0/s1. The van der Waals surface area contributed by atoms with Crippen LogP contribution >= 0.6 is 15.9 Å². The van der Waals surface area contributed by atoms with Gasteiger partial charge in [0.25, 0.3) is 0 Å². The van der Waals surface area contributed by atoms with Crippen molar-refractivity contribution in [3.05, 3.63) is 64.4 Å². The quantitative estimate of drug-likeness (QED) is 0.901. The van der Waals surface area contributed by atoms with Gasteiger partial charge >= 0.3 is 0 Å². The molecule has 5 heteroatoms. The maximum absolute atomic E-state index is 13.1. The smallest absolute Gasteiger partial charge is 0.241 e. The summed E-state index contributed by atoms with van der Waals surface area (Å²) in [6.07, 6.45) is 0.430. The first kappa shape index (κ1) is 14.7. The molecule has 1 atom stereocenters. The molecule has 0 saturated heterocycles. The molecular weight excluding hydrogens is 323 g/mol. The number of halogens is 2. The average Bonchev–Trinajstić information content (AvgIpc) is 2.44. The fraction of sp³-hybridized carbons (Fsp3) is 0.133. The van der Waals surface area contributed by atoms with Gasteiger partial charge in [0.2, 0.25) is 5.91 Å². The normalized spacial score (nSPS) is 11.9. The molecule has 0 bridgehead atoms. The van der Waals surface area contributed by atoms with Crippen molar-refractivity contribution in [1.82, 2.24) is 0 Å². The van der Waals surface area contributed by atoms with Crippen molar-refractivity contribution in [3.63, 3.8) is 0 Å². The predicted octanol–water partition coefficient (Wildman–Crippen LogP) is 3.10. The number of anilines is 1. The van der Waals surface area contributed by atoms with Gasteiger partial charge in [0.15, 0.2) is 0 Å². The second kappa shape index (κ2) is 6.63. The van der Waals surface area contributed by atoms with Gasteiger partial charge in [-0.2, -0.15) is 0 Å². The van der Waals surface area contributed by atoms with Crippen LogP contribution in [0.15, 0.2) is 53.0 Å². The van der Waals surface area contributed by atoms with Gasteiger partial charge in [-0.3, -0.25) is 4.79 Å². The van der Waals surface area contributed by atoms with Gasteiger partial charge in [0, 0.05) is 4.47 Å². The molecule has 1 amide bonds. The highest BCUT2D eigenvalue weighted by molar-refractivity contribution is 9.10. The summed E-state index contributed by atoms with van der Waals surface area (Å²) < 4.78 is 13.8. The predicted molar refractivity (Wildman–Crippen MR) is 80.9 cm³/mol. The van der Waals surface area contributed by atoms with E-state index in [1.54, 1.807) is 0 Å². The third-order valence-electron chi connectivity index (χ3n) is 2.82. The molecule has 0 fully saturated rings. The Morgan fingerprint density at radius 1 is 1.25 bits per heavy atom. The van der Waals surface area contributed by atoms with Crippen LogP contribution in [0.1, 0.15) is 5.56 Å². The van der Waals surface area contributed by atoms with Gasteiger partial charge in [0.1, 0.15) is 5.82 Å². The summed E-state index contributed by atoms with van der Waals surface area (Å²) in [6.45, 7) is 0. The molecule has 0 saturated carbocycles. The van der Waals surface area contributed by atoms with E-state index in [0.29, 0.717) is 16.6 Å². The molecule has 0 aromatic heterocycles. The third kappa shape index (κ3) is 3.88. The van der Waals surface area contributed by atoms with Gasteiger partial charge < -0.3 is 11.1 Å². The van der Waals surface area contributed by atoms with Gasteiger partial charge in [-0.05, 0) is 46.1 Å². The van der Waals surface area contributed by atoms with Crippen LogP contribution in [0.2, 0.25) is 0 Å². The van der Waals surface area contributed by atoms with Crippen molar-refractivity contribution in [2.45, 2.75) is 12.5 Å². The summed E-state index contributed by atoms with van der Waals surface area (Å²) in [5, 5.41) is 2.62. The first-order chi connectivity index (χ1) is 9.56. The first-order valence-corrected chi connectivity index (χ1v) is 6.91.